The van der Waals surface area contributed by atoms with Gasteiger partial charge in [-0.2, -0.15) is 0 Å². The number of nitrogens with zero attached hydrogens (tertiary/aromatic N) is 3. The topological polar surface area (TPSA) is 81.3 Å². The molecule has 4 rings (SSSR count). The molecule has 0 fully saturated rings. The number of hydrogen-bond acceptors (Lipinski definition) is 5. The Morgan fingerprint density at radius 3 is 2.73 bits per heavy atom. The fourth-order valence-corrected chi connectivity index (χ4v) is 3.49. The van der Waals surface area contributed by atoms with E-state index in [2.05, 4.69) is 9.97 Å². The Labute approximate surface area is 172 Å². The zero-order valence-electron chi connectivity index (χ0n) is 16.4. The molecular weight excluding hydrogens is 390 g/mol. The number of fused-ring (bicyclic) bond motifs is 1. The first-order valence-corrected chi connectivity index (χ1v) is 9.39. The summed E-state index contributed by atoms with van der Waals surface area (Å²) in [6.07, 6.45) is 1.75. The van der Waals surface area contributed by atoms with Crippen molar-refractivity contribution in [1.82, 2.24) is 14.9 Å². The maximum atomic E-state index is 14.1. The van der Waals surface area contributed by atoms with E-state index >= 15 is 0 Å². The van der Waals surface area contributed by atoms with Crippen molar-refractivity contribution in [3.05, 3.63) is 76.7 Å². The summed E-state index contributed by atoms with van der Waals surface area (Å²) in [6.45, 7) is 1.34. The van der Waals surface area contributed by atoms with Crippen LogP contribution in [-0.4, -0.2) is 27.9 Å². The van der Waals surface area contributed by atoms with Gasteiger partial charge in [0, 0.05) is 38.0 Å². The van der Waals surface area contributed by atoms with Gasteiger partial charge in [-0.25, -0.2) is 8.78 Å². The average molecular weight is 410 g/mol. The summed E-state index contributed by atoms with van der Waals surface area (Å²) in [5.41, 5.74) is 9.98. The summed E-state index contributed by atoms with van der Waals surface area (Å²) in [5.74, 6) is -1.53. The van der Waals surface area contributed by atoms with Crippen LogP contribution in [0.15, 0.2) is 42.6 Å². The number of carbonyl (C=O) groups is 1. The molecule has 0 unspecified atom stereocenters. The first-order chi connectivity index (χ1) is 14.4. The highest BCUT2D eigenvalue weighted by Gasteiger charge is 2.25. The minimum atomic E-state index is -0.723. The zero-order chi connectivity index (χ0) is 21.3. The van der Waals surface area contributed by atoms with Crippen molar-refractivity contribution >= 4 is 11.6 Å². The summed E-state index contributed by atoms with van der Waals surface area (Å²) in [6, 6.07) is 8.34. The maximum absolute atomic E-state index is 14.1. The van der Waals surface area contributed by atoms with E-state index in [4.69, 9.17) is 10.5 Å². The number of ether oxygens (including phenoxy) is 1. The average Bonchev–Trinajstić information content (AvgIpc) is 3.14. The van der Waals surface area contributed by atoms with E-state index in [-0.39, 0.29) is 17.9 Å². The van der Waals surface area contributed by atoms with E-state index in [9.17, 15) is 13.6 Å². The van der Waals surface area contributed by atoms with Gasteiger partial charge in [0.15, 0.2) is 0 Å². The van der Waals surface area contributed by atoms with Crippen molar-refractivity contribution < 1.29 is 18.3 Å². The number of methoxy groups -OCH3 is 1. The second kappa shape index (κ2) is 8.16. The second-order valence-electron chi connectivity index (χ2n) is 7.16. The summed E-state index contributed by atoms with van der Waals surface area (Å²) in [4.78, 5) is 23.3. The Bertz CT molecular complexity index is 1120. The molecule has 1 aromatic carbocycles. The smallest absolute Gasteiger partial charge is 0.229 e. The molecule has 1 aliphatic rings. The van der Waals surface area contributed by atoms with Gasteiger partial charge in [-0.1, -0.05) is 0 Å². The number of anilines is 1. The number of nitrogens with two attached hydrogens (primary N) is 1. The molecule has 2 aromatic heterocycles. The number of nitrogen functional groups attached to an aromatic ring is 1. The van der Waals surface area contributed by atoms with Crippen LogP contribution in [0.25, 0.3) is 11.3 Å². The van der Waals surface area contributed by atoms with Crippen molar-refractivity contribution in [2.24, 2.45) is 0 Å². The van der Waals surface area contributed by atoms with E-state index < -0.39 is 11.6 Å². The lowest BCUT2D eigenvalue weighted by atomic mass is 10.1. The first-order valence-electron chi connectivity index (χ1n) is 9.39. The summed E-state index contributed by atoms with van der Waals surface area (Å²) >= 11 is 0. The van der Waals surface area contributed by atoms with Crippen molar-refractivity contribution in [2.75, 3.05) is 12.8 Å². The van der Waals surface area contributed by atoms with Gasteiger partial charge in [-0.3, -0.25) is 14.8 Å². The number of pyridine rings is 2. The Morgan fingerprint density at radius 1 is 1.17 bits per heavy atom. The van der Waals surface area contributed by atoms with E-state index in [0.717, 1.165) is 29.0 Å². The van der Waals surface area contributed by atoms with E-state index in [1.807, 2.05) is 6.07 Å². The molecule has 0 saturated heterocycles. The van der Waals surface area contributed by atoms with Gasteiger partial charge >= 0.3 is 0 Å². The monoisotopic (exact) mass is 410 g/mol. The Morgan fingerprint density at radius 2 is 1.97 bits per heavy atom. The van der Waals surface area contributed by atoms with Crippen LogP contribution in [0.1, 0.15) is 22.5 Å². The number of aromatic nitrogens is 2. The number of carbonyl (C=O) groups excluding carboxylic acids is 1. The van der Waals surface area contributed by atoms with Crippen molar-refractivity contribution in [3.8, 4) is 11.3 Å². The lowest BCUT2D eigenvalue weighted by Crippen LogP contribution is -2.27. The Balaban J connectivity index is 1.52. The third kappa shape index (κ3) is 3.99. The predicted octanol–water partition coefficient (Wildman–Crippen LogP) is 3.24. The second-order valence-corrected chi connectivity index (χ2v) is 7.16. The molecule has 6 nitrogen and oxygen atoms in total. The van der Waals surface area contributed by atoms with Crippen molar-refractivity contribution in [2.45, 2.75) is 26.1 Å². The highest BCUT2D eigenvalue weighted by molar-refractivity contribution is 5.81. The number of hydrogen-bond donors (Lipinski definition) is 1. The number of benzene rings is 1. The van der Waals surface area contributed by atoms with Crippen molar-refractivity contribution in [3.63, 3.8) is 0 Å². The van der Waals surface area contributed by atoms with Gasteiger partial charge in [0.1, 0.15) is 11.6 Å². The molecule has 0 spiro atoms. The van der Waals surface area contributed by atoms with Crippen LogP contribution < -0.4 is 5.73 Å². The number of amides is 1. The molecular formula is C22H20F2N4O2. The normalized spacial score (nSPS) is 12.8. The quantitative estimate of drug-likeness (QED) is 0.698. The fourth-order valence-electron chi connectivity index (χ4n) is 3.49. The molecule has 1 aliphatic heterocycles. The van der Waals surface area contributed by atoms with E-state index in [1.165, 1.54) is 6.07 Å². The van der Waals surface area contributed by atoms with Crippen LogP contribution >= 0.6 is 0 Å². The third-order valence-corrected chi connectivity index (χ3v) is 5.04. The predicted molar refractivity (Wildman–Crippen MR) is 107 cm³/mol. The summed E-state index contributed by atoms with van der Waals surface area (Å²) in [7, 11) is 1.61. The van der Waals surface area contributed by atoms with Crippen LogP contribution in [0.4, 0.5) is 14.5 Å². The van der Waals surface area contributed by atoms with Crippen LogP contribution in [-0.2, 0) is 35.6 Å². The fraction of sp³-hybridized carbons (Fsp3) is 0.227. The minimum absolute atomic E-state index is 0.0190. The lowest BCUT2D eigenvalue weighted by molar-refractivity contribution is -0.131. The van der Waals surface area contributed by atoms with Crippen molar-refractivity contribution in [1.29, 1.82) is 0 Å². The van der Waals surface area contributed by atoms with Gasteiger partial charge in [0.25, 0.3) is 0 Å². The Hall–Kier alpha value is -3.39. The lowest BCUT2D eigenvalue weighted by Gasteiger charge is -2.16. The van der Waals surface area contributed by atoms with Crippen LogP contribution in [0.5, 0.6) is 0 Å². The van der Waals surface area contributed by atoms with E-state index in [1.54, 1.807) is 30.3 Å². The zero-order valence-corrected chi connectivity index (χ0v) is 16.4. The maximum Gasteiger partial charge on any atom is 0.229 e. The molecule has 0 aliphatic carbocycles. The summed E-state index contributed by atoms with van der Waals surface area (Å²) < 4.78 is 32.4. The highest BCUT2D eigenvalue weighted by Crippen LogP contribution is 2.26. The number of halogens is 2. The first kappa shape index (κ1) is 19.9. The molecule has 3 aromatic rings. The standard InChI is InChI=1S/C22H20F2N4O2/c1-30-12-16-6-13-10-28(11-14(13)9-26-16)22(29)8-21-19(25)4-5-20(27-21)17-3-2-15(23)7-18(17)24/h2-7,9H,8,10-12,25H2,1H3. The van der Waals surface area contributed by atoms with E-state index in [0.29, 0.717) is 36.8 Å². The molecule has 0 saturated carbocycles. The van der Waals surface area contributed by atoms with Crippen LogP contribution in [0.2, 0.25) is 0 Å². The highest BCUT2D eigenvalue weighted by atomic mass is 19.1. The third-order valence-electron chi connectivity index (χ3n) is 5.04. The molecule has 1 amide bonds. The summed E-state index contributed by atoms with van der Waals surface area (Å²) in [5, 5.41) is 0. The van der Waals surface area contributed by atoms with Gasteiger partial charge < -0.3 is 15.4 Å². The molecule has 0 bridgehead atoms. The molecule has 8 heteroatoms. The largest absolute Gasteiger partial charge is 0.397 e. The molecule has 0 radical (unpaired) electrons. The minimum Gasteiger partial charge on any atom is -0.397 e. The van der Waals surface area contributed by atoms with Crippen LogP contribution in [0, 0.1) is 11.6 Å². The van der Waals surface area contributed by atoms with Gasteiger partial charge in [-0.05, 0) is 41.5 Å². The van der Waals surface area contributed by atoms with Gasteiger partial charge in [0.2, 0.25) is 5.91 Å². The number of rotatable bonds is 5. The molecule has 0 atom stereocenters. The molecule has 3 heterocycles. The Kier molecular flexibility index (Phi) is 5.41. The van der Waals surface area contributed by atoms with Gasteiger partial charge in [-0.15, -0.1) is 0 Å². The van der Waals surface area contributed by atoms with Gasteiger partial charge in [0.05, 0.1) is 35.8 Å². The molecule has 30 heavy (non-hydrogen) atoms. The molecule has 2 N–H and O–H groups in total. The SMILES string of the molecule is COCc1cc2c(cn1)CN(C(=O)Cc1nc(-c3ccc(F)cc3F)ccc1N)C2. The van der Waals surface area contributed by atoms with Crippen LogP contribution in [0.3, 0.4) is 0 Å². The molecule has 154 valence electrons.